The van der Waals surface area contributed by atoms with E-state index in [0.717, 1.165) is 25.7 Å². The van der Waals surface area contributed by atoms with Crippen molar-refractivity contribution in [2.45, 2.75) is 50.3 Å². The Balaban J connectivity index is 1.65. The van der Waals surface area contributed by atoms with E-state index in [2.05, 4.69) is 5.32 Å². The normalized spacial score (nSPS) is 19.9. The number of likely N-dealkylation sites (tertiary alicyclic amines) is 1. The second-order valence-corrected chi connectivity index (χ2v) is 10.2. The number of carbonyl (C=O) groups excluding carboxylic acids is 2. The number of benzene rings is 1. The number of amides is 2. The van der Waals surface area contributed by atoms with Crippen LogP contribution in [0.5, 0.6) is 0 Å². The van der Waals surface area contributed by atoms with Gasteiger partial charge in [-0.2, -0.15) is 4.31 Å². The number of nitrogens with two attached hydrogens (primary N) is 1. The van der Waals surface area contributed by atoms with E-state index in [9.17, 15) is 18.0 Å². The highest BCUT2D eigenvalue weighted by molar-refractivity contribution is 7.89. The first kappa shape index (κ1) is 22.7. The quantitative estimate of drug-likeness (QED) is 0.705. The van der Waals surface area contributed by atoms with Crippen molar-refractivity contribution >= 4 is 27.5 Å². The van der Waals surface area contributed by atoms with Gasteiger partial charge in [0.1, 0.15) is 0 Å². The zero-order chi connectivity index (χ0) is 21.7. The molecular formula is C21H32N4O4S. The summed E-state index contributed by atoms with van der Waals surface area (Å²) in [5, 5.41) is 2.82. The molecule has 2 heterocycles. The number of piperidine rings is 1. The molecule has 0 unspecified atom stereocenters. The molecule has 3 N–H and O–H groups in total. The Kier molecular flexibility index (Phi) is 7.49. The van der Waals surface area contributed by atoms with E-state index < -0.39 is 10.0 Å². The monoisotopic (exact) mass is 436 g/mol. The molecule has 2 amide bonds. The first-order chi connectivity index (χ1) is 14.3. The average molecular weight is 437 g/mol. The first-order valence-corrected chi connectivity index (χ1v) is 12.1. The Morgan fingerprint density at radius 1 is 1.07 bits per heavy atom. The predicted molar refractivity (Wildman–Crippen MR) is 115 cm³/mol. The van der Waals surface area contributed by atoms with E-state index in [4.69, 9.17) is 5.73 Å². The van der Waals surface area contributed by atoms with E-state index in [1.807, 2.05) is 4.90 Å². The van der Waals surface area contributed by atoms with Gasteiger partial charge in [-0.25, -0.2) is 8.42 Å². The fourth-order valence-electron chi connectivity index (χ4n) is 4.16. The standard InChI is InChI=1S/C21H32N4O4S/c1-16-6-7-18(14-19(16)30(28,29)25-10-4-2-3-5-11-25)23-20(26)15-24-12-8-17(9-13-24)21(22)27/h6-7,14,17H,2-5,8-13,15H2,1H3,(H2,22,27)(H,23,26). The summed E-state index contributed by atoms with van der Waals surface area (Å²) in [6.07, 6.45) is 5.18. The van der Waals surface area contributed by atoms with Gasteiger partial charge in [0.05, 0.1) is 11.4 Å². The maximum atomic E-state index is 13.2. The lowest BCUT2D eigenvalue weighted by Crippen LogP contribution is -2.42. The van der Waals surface area contributed by atoms with Crippen LogP contribution in [0, 0.1) is 12.8 Å². The van der Waals surface area contributed by atoms with Crippen LogP contribution in [0.3, 0.4) is 0 Å². The lowest BCUT2D eigenvalue weighted by molar-refractivity contribution is -0.123. The third-order valence-corrected chi connectivity index (χ3v) is 8.05. The minimum Gasteiger partial charge on any atom is -0.369 e. The molecule has 2 aliphatic rings. The Hall–Kier alpha value is -1.97. The second-order valence-electron chi connectivity index (χ2n) is 8.30. The summed E-state index contributed by atoms with van der Waals surface area (Å²) in [5.41, 5.74) is 6.50. The first-order valence-electron chi connectivity index (χ1n) is 10.7. The van der Waals surface area contributed by atoms with E-state index >= 15 is 0 Å². The molecule has 2 fully saturated rings. The van der Waals surface area contributed by atoms with Crippen molar-refractivity contribution in [2.24, 2.45) is 11.7 Å². The molecule has 0 bridgehead atoms. The van der Waals surface area contributed by atoms with Crippen molar-refractivity contribution in [1.82, 2.24) is 9.21 Å². The molecule has 2 aliphatic heterocycles. The number of nitrogens with one attached hydrogen (secondary N) is 1. The van der Waals surface area contributed by atoms with Crippen molar-refractivity contribution in [3.05, 3.63) is 23.8 Å². The van der Waals surface area contributed by atoms with Gasteiger partial charge < -0.3 is 11.1 Å². The lowest BCUT2D eigenvalue weighted by atomic mass is 9.96. The lowest BCUT2D eigenvalue weighted by Gasteiger charge is -2.29. The number of hydrogen-bond acceptors (Lipinski definition) is 5. The molecule has 1 aromatic rings. The van der Waals surface area contributed by atoms with Crippen molar-refractivity contribution < 1.29 is 18.0 Å². The largest absolute Gasteiger partial charge is 0.369 e. The van der Waals surface area contributed by atoms with Gasteiger partial charge in [-0.3, -0.25) is 14.5 Å². The zero-order valence-corrected chi connectivity index (χ0v) is 18.4. The average Bonchev–Trinajstić information content (AvgIpc) is 3.00. The van der Waals surface area contributed by atoms with E-state index in [0.29, 0.717) is 50.3 Å². The number of sulfonamides is 1. The van der Waals surface area contributed by atoms with Crippen LogP contribution in [-0.4, -0.2) is 62.2 Å². The maximum Gasteiger partial charge on any atom is 0.243 e. The van der Waals surface area contributed by atoms with E-state index in [1.165, 1.54) is 0 Å². The van der Waals surface area contributed by atoms with Gasteiger partial charge in [0.2, 0.25) is 21.8 Å². The Morgan fingerprint density at radius 3 is 2.30 bits per heavy atom. The van der Waals surface area contributed by atoms with Gasteiger partial charge in [-0.15, -0.1) is 0 Å². The van der Waals surface area contributed by atoms with Crippen LogP contribution in [0.1, 0.15) is 44.1 Å². The molecular weight excluding hydrogens is 404 g/mol. The Bertz CT molecular complexity index is 871. The van der Waals surface area contributed by atoms with E-state index in [-0.39, 0.29) is 29.2 Å². The summed E-state index contributed by atoms with van der Waals surface area (Å²) in [6, 6.07) is 5.03. The number of anilines is 1. The van der Waals surface area contributed by atoms with Crippen molar-refractivity contribution in [2.75, 3.05) is 38.0 Å². The molecule has 8 nitrogen and oxygen atoms in total. The van der Waals surface area contributed by atoms with Gasteiger partial charge >= 0.3 is 0 Å². The highest BCUT2D eigenvalue weighted by atomic mass is 32.2. The third-order valence-electron chi connectivity index (χ3n) is 6.01. The number of nitrogens with zero attached hydrogens (tertiary/aromatic N) is 2. The van der Waals surface area contributed by atoms with Crippen LogP contribution < -0.4 is 11.1 Å². The van der Waals surface area contributed by atoms with Gasteiger partial charge in [-0.05, 0) is 63.4 Å². The summed E-state index contributed by atoms with van der Waals surface area (Å²) in [6.45, 7) is 4.35. The highest BCUT2D eigenvalue weighted by Crippen LogP contribution is 2.26. The van der Waals surface area contributed by atoms with Gasteiger partial charge in [0.15, 0.2) is 0 Å². The highest BCUT2D eigenvalue weighted by Gasteiger charge is 2.27. The van der Waals surface area contributed by atoms with Gasteiger partial charge in [-0.1, -0.05) is 18.9 Å². The molecule has 0 radical (unpaired) electrons. The van der Waals surface area contributed by atoms with Crippen LogP contribution >= 0.6 is 0 Å². The number of hydrogen-bond donors (Lipinski definition) is 2. The topological polar surface area (TPSA) is 113 Å². The smallest absolute Gasteiger partial charge is 0.243 e. The summed E-state index contributed by atoms with van der Waals surface area (Å²) in [7, 11) is -3.59. The predicted octanol–water partition coefficient (Wildman–Crippen LogP) is 1.70. The molecule has 2 saturated heterocycles. The Labute approximate surface area is 178 Å². The minimum absolute atomic E-state index is 0.117. The van der Waals surface area contributed by atoms with E-state index in [1.54, 1.807) is 29.4 Å². The maximum absolute atomic E-state index is 13.2. The Morgan fingerprint density at radius 2 is 1.70 bits per heavy atom. The molecule has 0 aromatic heterocycles. The fourth-order valence-corrected chi connectivity index (χ4v) is 5.92. The van der Waals surface area contributed by atoms with Crippen LogP contribution in [0.2, 0.25) is 0 Å². The SMILES string of the molecule is Cc1ccc(NC(=O)CN2CCC(C(N)=O)CC2)cc1S(=O)(=O)N1CCCCCC1. The number of rotatable bonds is 6. The van der Waals surface area contributed by atoms with Crippen molar-refractivity contribution in [3.8, 4) is 0 Å². The zero-order valence-electron chi connectivity index (χ0n) is 17.6. The third kappa shape index (κ3) is 5.59. The van der Waals surface area contributed by atoms with Gasteiger partial charge in [0, 0.05) is 24.7 Å². The number of carbonyl (C=O) groups is 2. The molecule has 9 heteroatoms. The van der Waals surface area contributed by atoms with Crippen LogP contribution in [-0.2, 0) is 19.6 Å². The van der Waals surface area contributed by atoms with Gasteiger partial charge in [0.25, 0.3) is 0 Å². The van der Waals surface area contributed by atoms with Crippen molar-refractivity contribution in [3.63, 3.8) is 0 Å². The van der Waals surface area contributed by atoms with Crippen LogP contribution in [0.4, 0.5) is 5.69 Å². The number of primary amides is 1. The second kappa shape index (κ2) is 9.89. The van der Waals surface area contributed by atoms with Crippen LogP contribution in [0.15, 0.2) is 23.1 Å². The summed E-state index contributed by atoms with van der Waals surface area (Å²) in [5.74, 6) is -0.598. The van der Waals surface area contributed by atoms with Crippen molar-refractivity contribution in [1.29, 1.82) is 0 Å². The molecule has 0 spiro atoms. The summed E-state index contributed by atoms with van der Waals surface area (Å²) >= 11 is 0. The van der Waals surface area contributed by atoms with Crippen LogP contribution in [0.25, 0.3) is 0 Å². The fraction of sp³-hybridized carbons (Fsp3) is 0.619. The summed E-state index contributed by atoms with van der Waals surface area (Å²) in [4.78, 5) is 26.0. The number of aryl methyl sites for hydroxylation is 1. The molecule has 166 valence electrons. The molecule has 0 atom stereocenters. The molecule has 0 aliphatic carbocycles. The molecule has 0 saturated carbocycles. The minimum atomic E-state index is -3.59. The molecule has 1 aromatic carbocycles. The molecule has 30 heavy (non-hydrogen) atoms. The molecule has 3 rings (SSSR count). The summed E-state index contributed by atoms with van der Waals surface area (Å²) < 4.78 is 27.9.